The molecule has 29 heavy (non-hydrogen) atoms. The number of fused-ring (bicyclic) bond motifs is 2. The van der Waals surface area contributed by atoms with Gasteiger partial charge in [0.15, 0.2) is 6.10 Å². The highest BCUT2D eigenvalue weighted by Gasteiger charge is 2.40. The molecule has 3 aromatic rings. The summed E-state index contributed by atoms with van der Waals surface area (Å²) in [6.45, 7) is 0. The van der Waals surface area contributed by atoms with Crippen molar-refractivity contribution in [2.24, 2.45) is 0 Å². The standard InChI is InChI=1S/C24H16ClNO3/c1-26-19-13-7-5-11-17(19)21(23(26)27)20-14-8-2-3-9-15(14)24(28)29-22(20)16-10-4-6-12-18(16)25/h2-13,22H,1H3/b21-20-. The summed E-state index contributed by atoms with van der Waals surface area (Å²) in [5.74, 6) is -0.562. The van der Waals surface area contributed by atoms with Crippen molar-refractivity contribution in [3.05, 3.63) is 100 Å². The van der Waals surface area contributed by atoms with E-state index in [9.17, 15) is 9.59 Å². The van der Waals surface area contributed by atoms with Crippen molar-refractivity contribution in [2.75, 3.05) is 11.9 Å². The van der Waals surface area contributed by atoms with Gasteiger partial charge in [0.05, 0.1) is 16.8 Å². The highest BCUT2D eigenvalue weighted by molar-refractivity contribution is 6.38. The Morgan fingerprint density at radius 2 is 1.45 bits per heavy atom. The van der Waals surface area contributed by atoms with Crippen molar-refractivity contribution in [1.82, 2.24) is 0 Å². The Labute approximate surface area is 173 Å². The van der Waals surface area contributed by atoms with Crippen molar-refractivity contribution < 1.29 is 14.3 Å². The summed E-state index contributed by atoms with van der Waals surface area (Å²) in [5, 5.41) is 0.481. The molecule has 2 aliphatic rings. The third kappa shape index (κ3) is 2.60. The number of hydrogen-bond donors (Lipinski definition) is 0. The molecule has 0 saturated carbocycles. The van der Waals surface area contributed by atoms with Crippen LogP contribution in [0, 0.1) is 0 Å². The van der Waals surface area contributed by atoms with Gasteiger partial charge in [-0.05, 0) is 23.8 Å². The van der Waals surface area contributed by atoms with Crippen molar-refractivity contribution >= 4 is 40.3 Å². The number of hydrogen-bond acceptors (Lipinski definition) is 3. The molecular formula is C24H16ClNO3. The van der Waals surface area contributed by atoms with Gasteiger partial charge in [-0.2, -0.15) is 0 Å². The number of nitrogens with zero attached hydrogens (tertiary/aromatic N) is 1. The van der Waals surface area contributed by atoms with Gasteiger partial charge >= 0.3 is 5.97 Å². The van der Waals surface area contributed by atoms with E-state index >= 15 is 0 Å². The van der Waals surface area contributed by atoms with Crippen LogP contribution in [0.15, 0.2) is 72.8 Å². The smallest absolute Gasteiger partial charge is 0.339 e. The van der Waals surface area contributed by atoms with Crippen molar-refractivity contribution in [1.29, 1.82) is 0 Å². The molecule has 1 amide bonds. The summed E-state index contributed by atoms with van der Waals surface area (Å²) >= 11 is 6.46. The minimum Gasteiger partial charge on any atom is -0.449 e. The Morgan fingerprint density at radius 3 is 2.21 bits per heavy atom. The van der Waals surface area contributed by atoms with Gasteiger partial charge in [0.2, 0.25) is 0 Å². The second-order valence-corrected chi connectivity index (χ2v) is 7.43. The first-order valence-corrected chi connectivity index (χ1v) is 9.62. The Bertz CT molecular complexity index is 1210. The number of anilines is 1. The van der Waals surface area contributed by atoms with E-state index in [4.69, 9.17) is 16.3 Å². The van der Waals surface area contributed by atoms with E-state index in [-0.39, 0.29) is 5.91 Å². The molecule has 0 aliphatic carbocycles. The molecule has 0 radical (unpaired) electrons. The normalized spacial score (nSPS) is 20.3. The number of carbonyl (C=O) groups excluding carboxylic acids is 2. The van der Waals surface area contributed by atoms with E-state index in [1.54, 1.807) is 30.1 Å². The lowest BCUT2D eigenvalue weighted by Crippen LogP contribution is -2.25. The minimum absolute atomic E-state index is 0.133. The van der Waals surface area contributed by atoms with Crippen molar-refractivity contribution in [3.63, 3.8) is 0 Å². The monoisotopic (exact) mass is 401 g/mol. The van der Waals surface area contributed by atoms with Crippen LogP contribution in [-0.4, -0.2) is 18.9 Å². The number of para-hydroxylation sites is 1. The molecule has 0 N–H and O–H groups in total. The molecule has 0 fully saturated rings. The summed E-state index contributed by atoms with van der Waals surface area (Å²) in [7, 11) is 1.75. The van der Waals surface area contributed by atoms with E-state index < -0.39 is 12.1 Å². The Kier molecular flexibility index (Phi) is 4.03. The molecule has 3 aromatic carbocycles. The van der Waals surface area contributed by atoms with Crippen LogP contribution in [0.4, 0.5) is 5.69 Å². The van der Waals surface area contributed by atoms with Gasteiger partial charge in [0.25, 0.3) is 5.91 Å². The number of esters is 1. The molecule has 5 rings (SSSR count). The maximum atomic E-state index is 13.3. The van der Waals surface area contributed by atoms with Gasteiger partial charge < -0.3 is 9.64 Å². The van der Waals surface area contributed by atoms with Crippen LogP contribution in [0.25, 0.3) is 11.1 Å². The molecule has 0 saturated heterocycles. The molecule has 2 heterocycles. The van der Waals surface area contributed by atoms with Crippen LogP contribution in [0.1, 0.15) is 33.2 Å². The average Bonchev–Trinajstić information content (AvgIpc) is 2.99. The first-order chi connectivity index (χ1) is 14.1. The third-order valence-corrected chi connectivity index (χ3v) is 5.78. The lowest BCUT2D eigenvalue weighted by Gasteiger charge is -2.30. The average molecular weight is 402 g/mol. The minimum atomic E-state index is -0.774. The number of rotatable bonds is 1. The fourth-order valence-electron chi connectivity index (χ4n) is 4.07. The predicted octanol–water partition coefficient (Wildman–Crippen LogP) is 5.14. The predicted molar refractivity (Wildman–Crippen MR) is 113 cm³/mol. The van der Waals surface area contributed by atoms with Crippen molar-refractivity contribution in [2.45, 2.75) is 6.10 Å². The topological polar surface area (TPSA) is 46.6 Å². The summed E-state index contributed by atoms with van der Waals surface area (Å²) in [6, 6.07) is 22.1. The highest BCUT2D eigenvalue weighted by Crippen LogP contribution is 2.49. The van der Waals surface area contributed by atoms with Gasteiger partial charge in [-0.1, -0.05) is 66.2 Å². The molecule has 4 nitrogen and oxygen atoms in total. The van der Waals surface area contributed by atoms with Crippen LogP contribution in [0.3, 0.4) is 0 Å². The van der Waals surface area contributed by atoms with E-state index in [0.717, 1.165) is 11.3 Å². The number of carbonyl (C=O) groups is 2. The zero-order chi connectivity index (χ0) is 20.1. The number of likely N-dealkylation sites (N-methyl/N-ethyl adjacent to an activating group) is 1. The molecule has 1 unspecified atom stereocenters. The molecular weight excluding hydrogens is 386 g/mol. The molecule has 0 spiro atoms. The van der Waals surface area contributed by atoms with Crippen LogP contribution < -0.4 is 4.90 Å². The van der Waals surface area contributed by atoms with Gasteiger partial charge in [-0.15, -0.1) is 0 Å². The number of cyclic esters (lactones) is 1. The van der Waals surface area contributed by atoms with Gasteiger partial charge in [-0.25, -0.2) is 4.79 Å². The first-order valence-electron chi connectivity index (χ1n) is 9.24. The van der Waals surface area contributed by atoms with Crippen LogP contribution >= 0.6 is 11.6 Å². The number of benzene rings is 3. The van der Waals surface area contributed by atoms with E-state index in [1.165, 1.54) is 0 Å². The lowest BCUT2D eigenvalue weighted by molar-refractivity contribution is -0.112. The van der Waals surface area contributed by atoms with E-state index in [2.05, 4.69) is 0 Å². The number of ether oxygens (including phenoxy) is 1. The molecule has 1 atom stereocenters. The second kappa shape index (κ2) is 6.61. The maximum absolute atomic E-state index is 13.3. The summed E-state index contributed by atoms with van der Waals surface area (Å²) < 4.78 is 5.85. The zero-order valence-corrected chi connectivity index (χ0v) is 16.3. The summed E-state index contributed by atoms with van der Waals surface area (Å²) in [4.78, 5) is 27.7. The fraction of sp³-hybridized carbons (Fsp3) is 0.0833. The van der Waals surface area contributed by atoms with Gasteiger partial charge in [-0.3, -0.25) is 4.79 Å². The van der Waals surface area contributed by atoms with Crippen LogP contribution in [0.5, 0.6) is 0 Å². The molecule has 5 heteroatoms. The molecule has 0 bridgehead atoms. The van der Waals surface area contributed by atoms with Gasteiger partial charge in [0, 0.05) is 28.8 Å². The van der Waals surface area contributed by atoms with Crippen LogP contribution in [-0.2, 0) is 9.53 Å². The Hall–Kier alpha value is -3.37. The first kappa shape index (κ1) is 17.7. The third-order valence-electron chi connectivity index (χ3n) is 5.43. The second-order valence-electron chi connectivity index (χ2n) is 7.02. The number of halogens is 1. The molecule has 0 aromatic heterocycles. The highest BCUT2D eigenvalue weighted by atomic mass is 35.5. The summed E-state index contributed by atoms with van der Waals surface area (Å²) in [5.41, 5.74) is 4.63. The molecule has 142 valence electrons. The summed E-state index contributed by atoms with van der Waals surface area (Å²) in [6.07, 6.45) is -0.774. The van der Waals surface area contributed by atoms with E-state index in [0.29, 0.717) is 32.9 Å². The number of amides is 1. The quantitative estimate of drug-likeness (QED) is 0.419. The zero-order valence-electron chi connectivity index (χ0n) is 15.6. The van der Waals surface area contributed by atoms with Crippen molar-refractivity contribution in [3.8, 4) is 0 Å². The van der Waals surface area contributed by atoms with Gasteiger partial charge in [0.1, 0.15) is 0 Å². The van der Waals surface area contributed by atoms with E-state index in [1.807, 2.05) is 54.6 Å². The maximum Gasteiger partial charge on any atom is 0.339 e. The Balaban J connectivity index is 1.88. The molecule has 2 aliphatic heterocycles. The van der Waals surface area contributed by atoms with Crippen LogP contribution in [0.2, 0.25) is 5.02 Å². The fourth-order valence-corrected chi connectivity index (χ4v) is 4.30. The Morgan fingerprint density at radius 1 is 0.828 bits per heavy atom. The lowest BCUT2D eigenvalue weighted by atomic mass is 9.84. The largest absolute Gasteiger partial charge is 0.449 e. The SMILES string of the molecule is CN1C(=O)/C(=C2/c3ccccc3C(=O)OC2c2ccccc2Cl)c2ccccc21.